The van der Waals surface area contributed by atoms with Crippen molar-refractivity contribution in [2.45, 2.75) is 24.7 Å². The number of fused-ring (bicyclic) bond motifs is 1. The Balaban J connectivity index is 1.09. The van der Waals surface area contributed by atoms with E-state index in [-0.39, 0.29) is 23.9 Å². The van der Waals surface area contributed by atoms with Crippen molar-refractivity contribution in [2.75, 3.05) is 26.2 Å². The summed E-state index contributed by atoms with van der Waals surface area (Å²) in [6, 6.07) is 11.0. The fourth-order valence-corrected chi connectivity index (χ4v) is 6.02. The number of alkyl halides is 3. The molecule has 2 aromatic carbocycles. The SMILES string of the molecule is Cn1cc(-c2cccc(C(F)(F)F)c2)c2ccc(C(=O)N3CC(NC4CCN(C(=O)c5nccs5)C4)C3)cc21. The summed E-state index contributed by atoms with van der Waals surface area (Å²) >= 11 is 1.34. The number of hydrogen-bond donors (Lipinski definition) is 1. The predicted molar refractivity (Wildman–Crippen MR) is 143 cm³/mol. The Morgan fingerprint density at radius 1 is 1.03 bits per heavy atom. The summed E-state index contributed by atoms with van der Waals surface area (Å²) in [6.45, 7) is 2.47. The van der Waals surface area contributed by atoms with Crippen molar-refractivity contribution in [3.05, 3.63) is 76.4 Å². The largest absolute Gasteiger partial charge is 0.416 e. The van der Waals surface area contributed by atoms with Gasteiger partial charge in [0.2, 0.25) is 0 Å². The highest BCUT2D eigenvalue weighted by Crippen LogP contribution is 2.35. The zero-order valence-corrected chi connectivity index (χ0v) is 21.9. The molecule has 7 nitrogen and oxygen atoms in total. The molecule has 2 fully saturated rings. The molecule has 0 spiro atoms. The molecule has 39 heavy (non-hydrogen) atoms. The van der Waals surface area contributed by atoms with E-state index < -0.39 is 11.7 Å². The topological polar surface area (TPSA) is 70.5 Å². The van der Waals surface area contributed by atoms with Crippen LogP contribution in [0.15, 0.2) is 60.2 Å². The first-order valence-corrected chi connectivity index (χ1v) is 13.6. The molecule has 1 N–H and O–H groups in total. The first-order chi connectivity index (χ1) is 18.7. The van der Waals surface area contributed by atoms with Gasteiger partial charge in [-0.15, -0.1) is 11.3 Å². The predicted octanol–water partition coefficient (Wildman–Crippen LogP) is 4.65. The summed E-state index contributed by atoms with van der Waals surface area (Å²) in [4.78, 5) is 33.4. The molecule has 202 valence electrons. The number of thiazole rings is 1. The van der Waals surface area contributed by atoms with Gasteiger partial charge in [0.1, 0.15) is 0 Å². The van der Waals surface area contributed by atoms with Gasteiger partial charge >= 0.3 is 6.18 Å². The highest BCUT2D eigenvalue weighted by Gasteiger charge is 2.36. The van der Waals surface area contributed by atoms with Crippen LogP contribution in [0.2, 0.25) is 0 Å². The lowest BCUT2D eigenvalue weighted by Crippen LogP contribution is -2.62. The number of aromatic nitrogens is 2. The minimum atomic E-state index is -4.42. The monoisotopic (exact) mass is 553 g/mol. The summed E-state index contributed by atoms with van der Waals surface area (Å²) in [5.41, 5.74) is 1.79. The van der Waals surface area contributed by atoms with E-state index in [4.69, 9.17) is 0 Å². The number of carbonyl (C=O) groups is 2. The molecule has 2 aromatic heterocycles. The van der Waals surface area contributed by atoms with Gasteiger partial charge in [-0.3, -0.25) is 9.59 Å². The minimum absolute atomic E-state index is 0.0352. The second-order valence-electron chi connectivity index (χ2n) is 10.1. The van der Waals surface area contributed by atoms with Gasteiger partial charge in [0.05, 0.1) is 5.56 Å². The summed E-state index contributed by atoms with van der Waals surface area (Å²) in [5, 5.41) is 6.66. The van der Waals surface area contributed by atoms with E-state index >= 15 is 0 Å². The lowest BCUT2D eigenvalue weighted by atomic mass is 10.0. The maximum absolute atomic E-state index is 13.2. The van der Waals surface area contributed by atoms with Crippen molar-refractivity contribution >= 4 is 34.1 Å². The van der Waals surface area contributed by atoms with E-state index in [1.54, 1.807) is 46.9 Å². The number of nitrogens with zero attached hydrogens (tertiary/aromatic N) is 4. The fourth-order valence-electron chi connectivity index (χ4n) is 5.42. The maximum Gasteiger partial charge on any atom is 0.416 e. The number of benzene rings is 2. The molecule has 2 amide bonds. The zero-order chi connectivity index (χ0) is 27.3. The van der Waals surface area contributed by atoms with Crippen LogP contribution < -0.4 is 5.32 Å². The third-order valence-electron chi connectivity index (χ3n) is 7.47. The molecule has 1 unspecified atom stereocenters. The molecule has 2 aliphatic rings. The summed E-state index contributed by atoms with van der Waals surface area (Å²) < 4.78 is 41.5. The average molecular weight is 554 g/mol. The molecule has 2 aliphatic heterocycles. The van der Waals surface area contributed by atoms with Crippen LogP contribution in [0.1, 0.15) is 32.1 Å². The van der Waals surface area contributed by atoms with E-state index in [1.807, 2.05) is 16.5 Å². The summed E-state index contributed by atoms with van der Waals surface area (Å²) in [5.74, 6) is -0.115. The minimum Gasteiger partial charge on any atom is -0.350 e. The molecule has 11 heteroatoms. The van der Waals surface area contributed by atoms with E-state index in [9.17, 15) is 22.8 Å². The van der Waals surface area contributed by atoms with Crippen molar-refractivity contribution < 1.29 is 22.8 Å². The normalized spacial score (nSPS) is 18.1. The van der Waals surface area contributed by atoms with E-state index in [0.717, 1.165) is 29.5 Å². The second kappa shape index (κ2) is 9.80. The fraction of sp³-hybridized carbons (Fsp3) is 0.321. The molecule has 4 heterocycles. The van der Waals surface area contributed by atoms with E-state index in [2.05, 4.69) is 10.3 Å². The quantitative estimate of drug-likeness (QED) is 0.391. The van der Waals surface area contributed by atoms with Crippen LogP contribution in [0.5, 0.6) is 0 Å². The number of likely N-dealkylation sites (tertiary alicyclic amines) is 2. The van der Waals surface area contributed by atoms with Gasteiger partial charge in [-0.1, -0.05) is 18.2 Å². The molecule has 2 saturated heterocycles. The smallest absolute Gasteiger partial charge is 0.350 e. The van der Waals surface area contributed by atoms with Crippen molar-refractivity contribution in [3.8, 4) is 11.1 Å². The first kappa shape index (κ1) is 25.6. The average Bonchev–Trinajstić information content (AvgIpc) is 3.66. The zero-order valence-electron chi connectivity index (χ0n) is 21.1. The van der Waals surface area contributed by atoms with Crippen LogP contribution in [0, 0.1) is 0 Å². The number of carbonyl (C=O) groups excluding carboxylic acids is 2. The van der Waals surface area contributed by atoms with Gasteiger partial charge in [0.15, 0.2) is 5.01 Å². The molecule has 0 radical (unpaired) electrons. The molecular weight excluding hydrogens is 527 g/mol. The second-order valence-corrected chi connectivity index (χ2v) is 11.0. The Morgan fingerprint density at radius 3 is 2.56 bits per heavy atom. The number of nitrogens with one attached hydrogen (secondary N) is 1. The highest BCUT2D eigenvalue weighted by molar-refractivity contribution is 7.11. The van der Waals surface area contributed by atoms with Crippen LogP contribution in [-0.2, 0) is 13.2 Å². The van der Waals surface area contributed by atoms with Gasteiger partial charge in [-0.25, -0.2) is 4.98 Å². The molecule has 0 bridgehead atoms. The van der Waals surface area contributed by atoms with Crippen LogP contribution in [0.3, 0.4) is 0 Å². The van der Waals surface area contributed by atoms with Crippen LogP contribution in [-0.4, -0.2) is 69.4 Å². The molecule has 4 aromatic rings. The van der Waals surface area contributed by atoms with Crippen LogP contribution >= 0.6 is 11.3 Å². The van der Waals surface area contributed by atoms with Gasteiger partial charge in [0, 0.05) is 85.1 Å². The van der Waals surface area contributed by atoms with Gasteiger partial charge in [-0.05, 0) is 36.2 Å². The van der Waals surface area contributed by atoms with Gasteiger partial charge < -0.3 is 19.7 Å². The molecular formula is C28H26F3N5O2S. The lowest BCUT2D eigenvalue weighted by molar-refractivity contribution is -0.137. The molecule has 6 rings (SSSR count). The molecule has 0 saturated carbocycles. The number of aryl methyl sites for hydroxylation is 1. The number of halogens is 3. The third kappa shape index (κ3) is 4.92. The van der Waals surface area contributed by atoms with Crippen LogP contribution in [0.25, 0.3) is 22.0 Å². The Hall–Kier alpha value is -3.70. The first-order valence-electron chi connectivity index (χ1n) is 12.7. The van der Waals surface area contributed by atoms with Crippen molar-refractivity contribution in [2.24, 2.45) is 7.05 Å². The maximum atomic E-state index is 13.2. The molecule has 0 aliphatic carbocycles. The van der Waals surface area contributed by atoms with Crippen LogP contribution in [0.4, 0.5) is 13.2 Å². The molecule has 1 atom stereocenters. The van der Waals surface area contributed by atoms with Gasteiger partial charge in [0.25, 0.3) is 11.8 Å². The van der Waals surface area contributed by atoms with Crippen molar-refractivity contribution in [1.82, 2.24) is 24.7 Å². The Bertz CT molecular complexity index is 1540. The standard InChI is InChI=1S/C28H26F3N5O2S/c1-34-16-23(17-3-2-4-19(11-17)28(29,30)31)22-6-5-18(12-24(22)34)26(37)36-14-21(15-36)33-20-7-9-35(13-20)27(38)25-32-8-10-39-25/h2-6,8,10-12,16,20-21,33H,7,9,13-15H2,1H3. The Morgan fingerprint density at radius 2 is 1.82 bits per heavy atom. The Kier molecular flexibility index (Phi) is 6.43. The third-order valence-corrected chi connectivity index (χ3v) is 8.23. The summed E-state index contributed by atoms with van der Waals surface area (Å²) in [6.07, 6.45) is -0.128. The Labute approximate surface area is 226 Å². The van der Waals surface area contributed by atoms with Crippen molar-refractivity contribution in [1.29, 1.82) is 0 Å². The number of hydrogen-bond acceptors (Lipinski definition) is 5. The van der Waals surface area contributed by atoms with Crippen molar-refractivity contribution in [3.63, 3.8) is 0 Å². The van der Waals surface area contributed by atoms with E-state index in [0.29, 0.717) is 47.9 Å². The van der Waals surface area contributed by atoms with Gasteiger partial charge in [-0.2, -0.15) is 13.2 Å². The number of amides is 2. The summed E-state index contributed by atoms with van der Waals surface area (Å²) in [7, 11) is 1.82. The van der Waals surface area contributed by atoms with E-state index in [1.165, 1.54) is 17.4 Å². The lowest BCUT2D eigenvalue weighted by Gasteiger charge is -2.41. The number of rotatable bonds is 5. The highest BCUT2D eigenvalue weighted by atomic mass is 32.1.